The van der Waals surface area contributed by atoms with Gasteiger partial charge in [-0.15, -0.1) is 0 Å². The Morgan fingerprint density at radius 2 is 2.64 bits per heavy atom. The maximum absolute atomic E-state index is 11.0. The molecule has 1 N–H and O–H groups in total. The molecule has 1 rings (SSSR count). The smallest absolute Gasteiger partial charge is 0.195 e. The summed E-state index contributed by atoms with van der Waals surface area (Å²) in [6, 6.07) is 0. The molecule has 0 fully saturated rings. The molecule has 0 aromatic carbocycles. The maximum Gasteiger partial charge on any atom is 0.195 e. The van der Waals surface area contributed by atoms with E-state index in [0.29, 0.717) is 6.42 Å². The molecular formula is C7H10N2OS. The van der Waals surface area contributed by atoms with Gasteiger partial charge in [-0.25, -0.2) is 4.98 Å². The van der Waals surface area contributed by atoms with Crippen molar-refractivity contribution in [1.82, 2.24) is 9.97 Å². The topological polar surface area (TPSA) is 45.8 Å². The zero-order chi connectivity index (χ0) is 8.10. The second kappa shape index (κ2) is 4.18. The van der Waals surface area contributed by atoms with E-state index >= 15 is 0 Å². The normalized spacial score (nSPS) is 9.91. The minimum Gasteiger partial charge on any atom is -0.339 e. The molecule has 1 heterocycles. The number of thioether (sulfide) groups is 1. The lowest BCUT2D eigenvalue weighted by Crippen LogP contribution is -1.88. The molecule has 0 radical (unpaired) electrons. The average molecular weight is 170 g/mol. The molecule has 0 aliphatic carbocycles. The van der Waals surface area contributed by atoms with E-state index in [1.807, 2.05) is 6.92 Å². The fourth-order valence-electron chi connectivity index (χ4n) is 0.677. The number of nitrogens with zero attached hydrogens (tertiary/aromatic N) is 1. The van der Waals surface area contributed by atoms with Gasteiger partial charge in [0.1, 0.15) is 0 Å². The molecule has 0 atom stereocenters. The Kier molecular flexibility index (Phi) is 3.16. The lowest BCUT2D eigenvalue weighted by molar-refractivity contribution is -0.111. The number of carbonyl (C=O) groups is 1. The number of hydrogen-bond donors (Lipinski definition) is 1. The first-order chi connectivity index (χ1) is 5.33. The van der Waals surface area contributed by atoms with Gasteiger partial charge < -0.3 is 4.98 Å². The fourth-order valence-corrected chi connectivity index (χ4v) is 1.45. The Bertz CT molecular complexity index is 220. The van der Waals surface area contributed by atoms with Crippen LogP contribution in [0.1, 0.15) is 19.8 Å². The first-order valence-corrected chi connectivity index (χ1v) is 4.33. The van der Waals surface area contributed by atoms with Crippen molar-refractivity contribution in [3.8, 4) is 0 Å². The van der Waals surface area contributed by atoms with Crippen molar-refractivity contribution in [3.05, 3.63) is 12.5 Å². The van der Waals surface area contributed by atoms with E-state index < -0.39 is 0 Å². The van der Waals surface area contributed by atoms with Crippen LogP contribution in [-0.2, 0) is 4.79 Å². The molecular weight excluding hydrogens is 160 g/mol. The average Bonchev–Trinajstić information content (AvgIpc) is 2.40. The Balaban J connectivity index is 2.37. The fraction of sp³-hybridized carbons (Fsp3) is 0.429. The largest absolute Gasteiger partial charge is 0.339 e. The molecule has 0 bridgehead atoms. The highest BCUT2D eigenvalue weighted by atomic mass is 32.2. The van der Waals surface area contributed by atoms with Crippen molar-refractivity contribution in [2.24, 2.45) is 0 Å². The van der Waals surface area contributed by atoms with Crippen LogP contribution in [0.5, 0.6) is 0 Å². The van der Waals surface area contributed by atoms with E-state index in [1.54, 1.807) is 12.5 Å². The zero-order valence-electron chi connectivity index (χ0n) is 6.33. The van der Waals surface area contributed by atoms with Gasteiger partial charge in [0.2, 0.25) is 0 Å². The predicted molar refractivity (Wildman–Crippen MR) is 44.4 cm³/mol. The van der Waals surface area contributed by atoms with E-state index in [9.17, 15) is 4.79 Å². The summed E-state index contributed by atoms with van der Waals surface area (Å²) in [5, 5.41) is 1.01. The predicted octanol–water partition coefficient (Wildman–Crippen LogP) is 1.83. The third-order valence-electron chi connectivity index (χ3n) is 1.15. The Morgan fingerprint density at radius 1 is 1.82 bits per heavy atom. The van der Waals surface area contributed by atoms with E-state index in [4.69, 9.17) is 0 Å². The molecule has 3 nitrogen and oxygen atoms in total. The molecule has 1 aromatic heterocycles. The van der Waals surface area contributed by atoms with Gasteiger partial charge in [0, 0.05) is 6.42 Å². The SMILES string of the molecule is CCCC(=O)Sc1cnc[nH]1. The number of H-pyrrole nitrogens is 1. The van der Waals surface area contributed by atoms with Gasteiger partial charge in [-0.2, -0.15) is 0 Å². The van der Waals surface area contributed by atoms with Crippen LogP contribution >= 0.6 is 11.8 Å². The summed E-state index contributed by atoms with van der Waals surface area (Å²) in [4.78, 5) is 17.7. The highest BCUT2D eigenvalue weighted by Crippen LogP contribution is 2.16. The van der Waals surface area contributed by atoms with E-state index in [2.05, 4.69) is 9.97 Å². The summed E-state index contributed by atoms with van der Waals surface area (Å²) in [5.41, 5.74) is 0. The van der Waals surface area contributed by atoms with Crippen LogP contribution in [0.3, 0.4) is 0 Å². The summed E-state index contributed by atoms with van der Waals surface area (Å²) in [5.74, 6) is 0. The monoisotopic (exact) mass is 170 g/mol. The molecule has 0 spiro atoms. The molecule has 0 unspecified atom stereocenters. The molecule has 0 aliphatic heterocycles. The van der Waals surface area contributed by atoms with Crippen LogP contribution in [0.25, 0.3) is 0 Å². The van der Waals surface area contributed by atoms with Gasteiger partial charge in [0.15, 0.2) is 5.12 Å². The van der Waals surface area contributed by atoms with Crippen LogP contribution in [-0.4, -0.2) is 15.1 Å². The lowest BCUT2D eigenvalue weighted by Gasteiger charge is -1.93. The number of rotatable bonds is 3. The molecule has 11 heavy (non-hydrogen) atoms. The number of aromatic amines is 1. The van der Waals surface area contributed by atoms with Crippen LogP contribution in [0.15, 0.2) is 17.6 Å². The van der Waals surface area contributed by atoms with Crippen molar-refractivity contribution in [3.63, 3.8) is 0 Å². The molecule has 0 saturated heterocycles. The number of nitrogens with one attached hydrogen (secondary N) is 1. The van der Waals surface area contributed by atoms with Crippen LogP contribution in [0.4, 0.5) is 0 Å². The Labute approximate surface area is 69.6 Å². The summed E-state index contributed by atoms with van der Waals surface area (Å²) >= 11 is 1.22. The zero-order valence-corrected chi connectivity index (χ0v) is 7.15. The van der Waals surface area contributed by atoms with Gasteiger partial charge in [-0.05, 0) is 18.2 Å². The maximum atomic E-state index is 11.0. The first kappa shape index (κ1) is 8.33. The van der Waals surface area contributed by atoms with Crippen molar-refractivity contribution < 1.29 is 4.79 Å². The highest BCUT2D eigenvalue weighted by Gasteiger charge is 2.02. The second-order valence-corrected chi connectivity index (χ2v) is 3.24. The van der Waals surface area contributed by atoms with E-state index in [1.165, 1.54) is 11.8 Å². The van der Waals surface area contributed by atoms with Crippen molar-refractivity contribution in [2.75, 3.05) is 0 Å². The number of aromatic nitrogens is 2. The molecule has 0 amide bonds. The Morgan fingerprint density at radius 3 is 3.18 bits per heavy atom. The molecule has 4 heteroatoms. The number of imidazole rings is 1. The quantitative estimate of drug-likeness (QED) is 0.704. The van der Waals surface area contributed by atoms with Gasteiger partial charge in [0.25, 0.3) is 0 Å². The minimum atomic E-state index is 0.191. The molecule has 0 saturated carbocycles. The van der Waals surface area contributed by atoms with E-state index in [0.717, 1.165) is 11.4 Å². The van der Waals surface area contributed by atoms with Crippen molar-refractivity contribution in [2.45, 2.75) is 24.8 Å². The van der Waals surface area contributed by atoms with E-state index in [-0.39, 0.29) is 5.12 Å². The summed E-state index contributed by atoms with van der Waals surface area (Å²) in [6.45, 7) is 1.99. The van der Waals surface area contributed by atoms with Gasteiger partial charge >= 0.3 is 0 Å². The summed E-state index contributed by atoms with van der Waals surface area (Å²) in [7, 11) is 0. The van der Waals surface area contributed by atoms with Crippen molar-refractivity contribution >= 4 is 16.9 Å². The van der Waals surface area contributed by atoms with Crippen LogP contribution in [0, 0.1) is 0 Å². The van der Waals surface area contributed by atoms with Crippen LogP contribution in [0.2, 0.25) is 0 Å². The van der Waals surface area contributed by atoms with Crippen LogP contribution < -0.4 is 0 Å². The molecule has 60 valence electrons. The van der Waals surface area contributed by atoms with Gasteiger partial charge in [-0.3, -0.25) is 4.79 Å². The second-order valence-electron chi connectivity index (χ2n) is 2.14. The third-order valence-corrected chi connectivity index (χ3v) is 2.03. The number of carbonyl (C=O) groups excluding carboxylic acids is 1. The molecule has 0 aliphatic rings. The number of hydrogen-bond acceptors (Lipinski definition) is 3. The summed E-state index contributed by atoms with van der Waals surface area (Å²) in [6.07, 6.45) is 4.75. The molecule has 1 aromatic rings. The van der Waals surface area contributed by atoms with Crippen molar-refractivity contribution in [1.29, 1.82) is 0 Å². The minimum absolute atomic E-state index is 0.191. The standard InChI is InChI=1S/C7H10N2OS/c1-2-3-7(10)11-6-4-8-5-9-6/h4-5H,2-3H2,1H3,(H,8,9). The lowest BCUT2D eigenvalue weighted by atomic mass is 10.4. The first-order valence-electron chi connectivity index (χ1n) is 3.52. The third kappa shape index (κ3) is 2.76. The van der Waals surface area contributed by atoms with Gasteiger partial charge in [0.05, 0.1) is 17.6 Å². The summed E-state index contributed by atoms with van der Waals surface area (Å²) < 4.78 is 0. The Hall–Kier alpha value is -0.770. The highest BCUT2D eigenvalue weighted by molar-refractivity contribution is 8.13. The van der Waals surface area contributed by atoms with Gasteiger partial charge in [-0.1, -0.05) is 6.92 Å².